The zero-order chi connectivity index (χ0) is 15.9. The number of nitrogens with one attached hydrogen (secondary N) is 1. The summed E-state index contributed by atoms with van der Waals surface area (Å²) in [6.07, 6.45) is 3.05. The van der Waals surface area contributed by atoms with Crippen LogP contribution in [0, 0.1) is 0 Å². The van der Waals surface area contributed by atoms with Crippen LogP contribution in [-0.2, 0) is 4.79 Å². The van der Waals surface area contributed by atoms with Gasteiger partial charge in [-0.25, -0.2) is 4.79 Å². The summed E-state index contributed by atoms with van der Waals surface area (Å²) in [4.78, 5) is 27.3. The molecule has 0 aromatic heterocycles. The Hall–Kier alpha value is -1.79. The third-order valence-electron chi connectivity index (χ3n) is 3.54. The van der Waals surface area contributed by atoms with Crippen LogP contribution in [0.1, 0.15) is 19.3 Å². The highest BCUT2D eigenvalue weighted by Gasteiger charge is 2.16. The molecular formula is C16H24ClN3O3. The van der Waals surface area contributed by atoms with E-state index in [-0.39, 0.29) is 18.3 Å². The van der Waals surface area contributed by atoms with Gasteiger partial charge in [-0.3, -0.25) is 9.69 Å². The molecule has 7 heteroatoms. The molecule has 0 spiro atoms. The van der Waals surface area contributed by atoms with Crippen LogP contribution in [0.2, 0.25) is 0 Å². The van der Waals surface area contributed by atoms with Gasteiger partial charge in [0, 0.05) is 14.1 Å². The lowest BCUT2D eigenvalue weighted by Gasteiger charge is -2.25. The Morgan fingerprint density at radius 3 is 2.48 bits per heavy atom. The minimum Gasteiger partial charge on any atom is -0.408 e. The fraction of sp³-hybridized carbons (Fsp3) is 0.500. The molecule has 1 aromatic rings. The van der Waals surface area contributed by atoms with Crippen LogP contribution >= 0.6 is 12.4 Å². The first-order valence-electron chi connectivity index (χ1n) is 7.56. The highest BCUT2D eigenvalue weighted by Crippen LogP contribution is 2.24. The van der Waals surface area contributed by atoms with Crippen molar-refractivity contribution in [3.8, 4) is 5.75 Å². The molecule has 0 unspecified atom stereocenters. The molecule has 6 nitrogen and oxygen atoms in total. The second kappa shape index (κ2) is 9.37. The van der Waals surface area contributed by atoms with Gasteiger partial charge in [-0.05, 0) is 38.1 Å². The van der Waals surface area contributed by atoms with Crippen molar-refractivity contribution in [3.63, 3.8) is 0 Å². The highest BCUT2D eigenvalue weighted by molar-refractivity contribution is 5.94. The molecule has 1 aliphatic heterocycles. The second-order valence-corrected chi connectivity index (χ2v) is 5.64. The van der Waals surface area contributed by atoms with Crippen molar-refractivity contribution < 1.29 is 14.3 Å². The summed E-state index contributed by atoms with van der Waals surface area (Å²) in [7, 11) is 3.22. The van der Waals surface area contributed by atoms with Gasteiger partial charge in [-0.2, -0.15) is 0 Å². The number of piperidine rings is 1. The highest BCUT2D eigenvalue weighted by atomic mass is 35.5. The van der Waals surface area contributed by atoms with Gasteiger partial charge in [0.25, 0.3) is 0 Å². The number of hydrogen-bond acceptors (Lipinski definition) is 4. The standard InChI is InChI=1S/C16H23N3O3.ClH/c1-18(2)16(21)22-14-9-5-4-8-13(14)17-15(20)12-19-10-6-3-7-11-19;/h4-5,8-9H,3,6-7,10-12H2,1-2H3,(H,17,20);1H. The van der Waals surface area contributed by atoms with Crippen LogP contribution in [0.3, 0.4) is 0 Å². The molecule has 1 aromatic carbocycles. The van der Waals surface area contributed by atoms with Crippen LogP contribution in [-0.4, -0.2) is 55.5 Å². The topological polar surface area (TPSA) is 61.9 Å². The number of benzene rings is 1. The first-order valence-corrected chi connectivity index (χ1v) is 7.56. The molecule has 1 N–H and O–H groups in total. The van der Waals surface area contributed by atoms with Crippen LogP contribution in [0.15, 0.2) is 24.3 Å². The number of nitrogens with zero attached hydrogens (tertiary/aromatic N) is 2. The quantitative estimate of drug-likeness (QED) is 0.914. The Morgan fingerprint density at radius 2 is 1.83 bits per heavy atom. The van der Waals surface area contributed by atoms with Crippen molar-refractivity contribution in [3.05, 3.63) is 24.3 Å². The fourth-order valence-corrected chi connectivity index (χ4v) is 2.35. The third-order valence-corrected chi connectivity index (χ3v) is 3.54. The minimum atomic E-state index is -0.474. The monoisotopic (exact) mass is 341 g/mol. The van der Waals surface area contributed by atoms with Crippen molar-refractivity contribution in [2.75, 3.05) is 39.0 Å². The predicted molar refractivity (Wildman–Crippen MR) is 92.3 cm³/mol. The average molecular weight is 342 g/mol. The zero-order valence-corrected chi connectivity index (χ0v) is 14.4. The number of ether oxygens (including phenoxy) is 1. The van der Waals surface area contributed by atoms with Gasteiger partial charge >= 0.3 is 6.09 Å². The minimum absolute atomic E-state index is 0. The maximum absolute atomic E-state index is 12.1. The molecule has 0 aliphatic carbocycles. The van der Waals surface area contributed by atoms with E-state index < -0.39 is 6.09 Å². The number of para-hydroxylation sites is 2. The molecule has 128 valence electrons. The summed E-state index contributed by atoms with van der Waals surface area (Å²) in [5, 5.41) is 2.83. The number of anilines is 1. The smallest absolute Gasteiger partial charge is 0.408 e. The molecule has 0 bridgehead atoms. The summed E-state index contributed by atoms with van der Waals surface area (Å²) in [6, 6.07) is 6.95. The summed E-state index contributed by atoms with van der Waals surface area (Å²) in [5.74, 6) is 0.267. The number of halogens is 1. The fourth-order valence-electron chi connectivity index (χ4n) is 2.35. The van der Waals surface area contributed by atoms with Gasteiger partial charge in [0.2, 0.25) is 5.91 Å². The van der Waals surface area contributed by atoms with E-state index in [2.05, 4.69) is 10.2 Å². The van der Waals surface area contributed by atoms with Gasteiger partial charge in [0.15, 0.2) is 5.75 Å². The zero-order valence-electron chi connectivity index (χ0n) is 13.6. The second-order valence-electron chi connectivity index (χ2n) is 5.64. The molecule has 2 amide bonds. The average Bonchev–Trinajstić information content (AvgIpc) is 2.50. The Balaban J connectivity index is 0.00000264. The maximum atomic E-state index is 12.1. The number of likely N-dealkylation sites (tertiary alicyclic amines) is 1. The molecule has 0 saturated carbocycles. The van der Waals surface area contributed by atoms with Gasteiger partial charge in [-0.15, -0.1) is 12.4 Å². The Kier molecular flexibility index (Phi) is 7.85. The molecule has 1 fully saturated rings. The Morgan fingerprint density at radius 1 is 1.17 bits per heavy atom. The number of carbonyl (C=O) groups excluding carboxylic acids is 2. The normalized spacial score (nSPS) is 14.5. The molecule has 0 atom stereocenters. The summed E-state index contributed by atoms with van der Waals surface area (Å²) < 4.78 is 5.26. The van der Waals surface area contributed by atoms with E-state index in [1.54, 1.807) is 38.4 Å². The lowest BCUT2D eigenvalue weighted by molar-refractivity contribution is -0.117. The van der Waals surface area contributed by atoms with E-state index in [0.717, 1.165) is 25.9 Å². The number of amides is 2. The van der Waals surface area contributed by atoms with E-state index in [0.29, 0.717) is 18.0 Å². The lowest BCUT2D eigenvalue weighted by atomic mass is 10.1. The molecule has 23 heavy (non-hydrogen) atoms. The molecule has 1 saturated heterocycles. The van der Waals surface area contributed by atoms with E-state index in [1.807, 2.05) is 0 Å². The van der Waals surface area contributed by atoms with E-state index in [4.69, 9.17) is 4.74 Å². The van der Waals surface area contributed by atoms with Gasteiger partial charge in [-0.1, -0.05) is 18.6 Å². The molecule has 2 rings (SSSR count). The SMILES string of the molecule is CN(C)C(=O)Oc1ccccc1NC(=O)CN1CCCCC1.Cl. The van der Waals surface area contributed by atoms with E-state index in [1.165, 1.54) is 11.3 Å². The van der Waals surface area contributed by atoms with Gasteiger partial charge in [0.1, 0.15) is 0 Å². The van der Waals surface area contributed by atoms with Crippen molar-refractivity contribution >= 4 is 30.1 Å². The predicted octanol–water partition coefficient (Wildman–Crippen LogP) is 2.59. The Labute approximate surface area is 143 Å². The van der Waals surface area contributed by atoms with Crippen molar-refractivity contribution in [2.24, 2.45) is 0 Å². The summed E-state index contributed by atoms with van der Waals surface area (Å²) in [5.41, 5.74) is 0.514. The summed E-state index contributed by atoms with van der Waals surface area (Å²) in [6.45, 7) is 2.30. The molecule has 1 heterocycles. The van der Waals surface area contributed by atoms with Crippen molar-refractivity contribution in [2.45, 2.75) is 19.3 Å². The number of rotatable bonds is 4. The van der Waals surface area contributed by atoms with Gasteiger partial charge < -0.3 is 15.0 Å². The van der Waals surface area contributed by atoms with Crippen LogP contribution in [0.4, 0.5) is 10.5 Å². The van der Waals surface area contributed by atoms with Crippen LogP contribution in [0.5, 0.6) is 5.75 Å². The molecule has 1 aliphatic rings. The van der Waals surface area contributed by atoms with Gasteiger partial charge in [0.05, 0.1) is 12.2 Å². The van der Waals surface area contributed by atoms with Crippen LogP contribution in [0.25, 0.3) is 0 Å². The Bertz CT molecular complexity index is 531. The van der Waals surface area contributed by atoms with Crippen molar-refractivity contribution in [1.29, 1.82) is 0 Å². The third kappa shape index (κ3) is 6.08. The molecule has 0 radical (unpaired) electrons. The largest absolute Gasteiger partial charge is 0.414 e. The molecular weight excluding hydrogens is 318 g/mol. The van der Waals surface area contributed by atoms with Crippen molar-refractivity contribution in [1.82, 2.24) is 9.80 Å². The first-order chi connectivity index (χ1) is 10.6. The number of carbonyl (C=O) groups is 2. The number of hydrogen-bond donors (Lipinski definition) is 1. The van der Waals surface area contributed by atoms with E-state index >= 15 is 0 Å². The summed E-state index contributed by atoms with van der Waals surface area (Å²) >= 11 is 0. The lowest BCUT2D eigenvalue weighted by Crippen LogP contribution is -2.37. The maximum Gasteiger partial charge on any atom is 0.414 e. The van der Waals surface area contributed by atoms with Crippen LogP contribution < -0.4 is 10.1 Å². The van der Waals surface area contributed by atoms with E-state index in [9.17, 15) is 9.59 Å². The first kappa shape index (κ1) is 19.3.